The molecule has 212 valence electrons. The molecule has 0 saturated carbocycles. The quantitative estimate of drug-likeness (QED) is 0.0794. The summed E-state index contributed by atoms with van der Waals surface area (Å²) in [6, 6.07) is 0.640. The van der Waals surface area contributed by atoms with Gasteiger partial charge >= 0.3 is 0 Å². The summed E-state index contributed by atoms with van der Waals surface area (Å²) in [5.41, 5.74) is 0. The standard InChI is InChI=1S/C34H67N2/c1-4-6-8-10-12-14-16-18-19-21-23-25-27-29-34(3)36-32-31-35(33-36)30-28-26-24-22-20-17-15-13-11-9-7-5-2/h31-34H,4-30H2,1-3H3/q+1. The van der Waals surface area contributed by atoms with Crippen molar-refractivity contribution >= 4 is 0 Å². The Morgan fingerprint density at radius 3 is 1.28 bits per heavy atom. The van der Waals surface area contributed by atoms with Gasteiger partial charge in [0.2, 0.25) is 6.33 Å². The first-order valence-corrected chi connectivity index (χ1v) is 16.8. The third-order valence-electron chi connectivity index (χ3n) is 8.22. The molecule has 1 aromatic rings. The predicted molar refractivity (Wildman–Crippen MR) is 161 cm³/mol. The Labute approximate surface area is 228 Å². The Balaban J connectivity index is 1.90. The van der Waals surface area contributed by atoms with E-state index in [1.54, 1.807) is 0 Å². The summed E-state index contributed by atoms with van der Waals surface area (Å²) in [7, 11) is 0. The van der Waals surface area contributed by atoms with Gasteiger partial charge in [-0.25, -0.2) is 9.13 Å². The molecule has 1 heterocycles. The van der Waals surface area contributed by atoms with E-state index in [9.17, 15) is 0 Å². The Bertz CT molecular complexity index is 549. The van der Waals surface area contributed by atoms with E-state index in [0.717, 1.165) is 0 Å². The summed E-state index contributed by atoms with van der Waals surface area (Å²) < 4.78 is 4.86. The molecule has 0 saturated heterocycles. The van der Waals surface area contributed by atoms with Crippen LogP contribution >= 0.6 is 0 Å². The molecule has 0 amide bonds. The van der Waals surface area contributed by atoms with Crippen LogP contribution in [-0.4, -0.2) is 4.57 Å². The molecule has 1 rings (SSSR count). The first-order valence-electron chi connectivity index (χ1n) is 16.8. The molecule has 0 radical (unpaired) electrons. The third kappa shape index (κ3) is 20.3. The number of imidazole rings is 1. The number of aryl methyl sites for hydroxylation is 1. The summed E-state index contributed by atoms with van der Waals surface area (Å²) in [6.07, 6.45) is 44.1. The number of aromatic nitrogens is 2. The minimum absolute atomic E-state index is 0.640. The van der Waals surface area contributed by atoms with Crippen molar-refractivity contribution in [2.24, 2.45) is 0 Å². The van der Waals surface area contributed by atoms with E-state index in [2.05, 4.69) is 48.6 Å². The zero-order valence-corrected chi connectivity index (χ0v) is 25.3. The zero-order chi connectivity index (χ0) is 25.9. The number of unbranched alkanes of at least 4 members (excludes halogenated alkanes) is 23. The van der Waals surface area contributed by atoms with E-state index < -0.39 is 0 Å². The number of hydrogen-bond acceptors (Lipinski definition) is 0. The summed E-state index contributed by atoms with van der Waals surface area (Å²) >= 11 is 0. The highest BCUT2D eigenvalue weighted by Crippen LogP contribution is 2.17. The van der Waals surface area contributed by atoms with Crippen LogP contribution in [0.3, 0.4) is 0 Å². The molecule has 1 unspecified atom stereocenters. The minimum atomic E-state index is 0.640. The highest BCUT2D eigenvalue weighted by molar-refractivity contribution is 4.72. The van der Waals surface area contributed by atoms with Crippen LogP contribution in [0.25, 0.3) is 0 Å². The summed E-state index contributed by atoms with van der Waals surface area (Å²) in [5.74, 6) is 0. The summed E-state index contributed by atoms with van der Waals surface area (Å²) in [5, 5.41) is 0. The highest BCUT2D eigenvalue weighted by Gasteiger charge is 2.11. The monoisotopic (exact) mass is 504 g/mol. The van der Waals surface area contributed by atoms with Crippen LogP contribution in [0.2, 0.25) is 0 Å². The molecule has 0 spiro atoms. The smallest absolute Gasteiger partial charge is 0.237 e. The van der Waals surface area contributed by atoms with Gasteiger partial charge in [-0.3, -0.25) is 0 Å². The van der Waals surface area contributed by atoms with Gasteiger partial charge in [-0.15, -0.1) is 0 Å². The SMILES string of the molecule is CCCCCCCCCCCCCCCC(C)n1cc[n+](CCCCCCCCCCCCCC)c1. The highest BCUT2D eigenvalue weighted by atomic mass is 15.1. The average Bonchev–Trinajstić information content (AvgIpc) is 3.36. The maximum atomic E-state index is 2.45. The van der Waals surface area contributed by atoms with Crippen LogP contribution in [0.5, 0.6) is 0 Å². The predicted octanol–water partition coefficient (Wildman–Crippen LogP) is 11.5. The molecule has 0 aromatic carbocycles. The van der Waals surface area contributed by atoms with Crippen LogP contribution < -0.4 is 4.57 Å². The number of hydrogen-bond donors (Lipinski definition) is 0. The molecule has 36 heavy (non-hydrogen) atoms. The first kappa shape index (κ1) is 33.2. The molecular weight excluding hydrogens is 436 g/mol. The first-order chi connectivity index (χ1) is 17.8. The molecule has 2 nitrogen and oxygen atoms in total. The molecule has 0 aliphatic carbocycles. The fourth-order valence-electron chi connectivity index (χ4n) is 5.55. The van der Waals surface area contributed by atoms with E-state index in [0.29, 0.717) is 6.04 Å². The molecule has 2 heteroatoms. The molecular formula is C34H67N2+. The Morgan fingerprint density at radius 2 is 0.861 bits per heavy atom. The van der Waals surface area contributed by atoms with Gasteiger partial charge < -0.3 is 0 Å². The molecule has 0 bridgehead atoms. The van der Waals surface area contributed by atoms with Gasteiger partial charge in [0.25, 0.3) is 0 Å². The van der Waals surface area contributed by atoms with Gasteiger partial charge in [0.1, 0.15) is 12.4 Å². The van der Waals surface area contributed by atoms with Crippen molar-refractivity contribution in [1.82, 2.24) is 4.57 Å². The second-order valence-electron chi connectivity index (χ2n) is 11.9. The Kier molecular flexibility index (Phi) is 23.9. The lowest BCUT2D eigenvalue weighted by Crippen LogP contribution is -2.31. The van der Waals surface area contributed by atoms with Gasteiger partial charge in [-0.2, -0.15) is 0 Å². The van der Waals surface area contributed by atoms with Gasteiger partial charge in [0.15, 0.2) is 0 Å². The lowest BCUT2D eigenvalue weighted by atomic mass is 10.0. The summed E-state index contributed by atoms with van der Waals surface area (Å²) in [4.78, 5) is 0. The lowest BCUT2D eigenvalue weighted by molar-refractivity contribution is -0.697. The van der Waals surface area contributed by atoms with Crippen molar-refractivity contribution in [2.75, 3.05) is 0 Å². The maximum absolute atomic E-state index is 2.45. The van der Waals surface area contributed by atoms with E-state index in [4.69, 9.17) is 0 Å². The fraction of sp³-hybridized carbons (Fsp3) is 0.912. The zero-order valence-electron chi connectivity index (χ0n) is 25.3. The second-order valence-corrected chi connectivity index (χ2v) is 11.9. The van der Waals surface area contributed by atoms with Gasteiger partial charge in [0, 0.05) is 0 Å². The van der Waals surface area contributed by atoms with Crippen molar-refractivity contribution < 1.29 is 4.57 Å². The average molecular weight is 504 g/mol. The van der Waals surface area contributed by atoms with Gasteiger partial charge in [-0.1, -0.05) is 155 Å². The molecule has 0 fully saturated rings. The molecule has 1 aromatic heterocycles. The van der Waals surface area contributed by atoms with E-state index in [1.165, 1.54) is 173 Å². The van der Waals surface area contributed by atoms with Crippen molar-refractivity contribution in [2.45, 2.75) is 200 Å². The van der Waals surface area contributed by atoms with E-state index in [-0.39, 0.29) is 0 Å². The van der Waals surface area contributed by atoms with Crippen molar-refractivity contribution in [3.63, 3.8) is 0 Å². The number of nitrogens with zero attached hydrogens (tertiary/aromatic N) is 2. The van der Waals surface area contributed by atoms with Crippen LogP contribution in [-0.2, 0) is 6.54 Å². The van der Waals surface area contributed by atoms with Crippen LogP contribution in [0.15, 0.2) is 18.7 Å². The van der Waals surface area contributed by atoms with Crippen molar-refractivity contribution in [3.8, 4) is 0 Å². The van der Waals surface area contributed by atoms with Crippen molar-refractivity contribution in [3.05, 3.63) is 18.7 Å². The third-order valence-corrected chi connectivity index (χ3v) is 8.22. The lowest BCUT2D eigenvalue weighted by Gasteiger charge is -2.08. The van der Waals surface area contributed by atoms with E-state index in [1.807, 2.05) is 0 Å². The molecule has 0 aliphatic heterocycles. The second kappa shape index (κ2) is 25.8. The largest absolute Gasteiger partial charge is 0.243 e. The minimum Gasteiger partial charge on any atom is -0.237 e. The molecule has 1 atom stereocenters. The van der Waals surface area contributed by atoms with E-state index >= 15 is 0 Å². The van der Waals surface area contributed by atoms with Crippen LogP contribution in [0, 0.1) is 0 Å². The molecule has 0 N–H and O–H groups in total. The van der Waals surface area contributed by atoms with Crippen LogP contribution in [0.1, 0.15) is 194 Å². The van der Waals surface area contributed by atoms with Gasteiger partial charge in [-0.05, 0) is 32.6 Å². The topological polar surface area (TPSA) is 8.81 Å². The fourth-order valence-corrected chi connectivity index (χ4v) is 5.55. The van der Waals surface area contributed by atoms with Crippen molar-refractivity contribution in [1.29, 1.82) is 0 Å². The normalized spacial score (nSPS) is 12.4. The summed E-state index contributed by atoms with van der Waals surface area (Å²) in [6.45, 7) is 8.19. The Hall–Kier alpha value is -0.790. The number of rotatable bonds is 28. The Morgan fingerprint density at radius 1 is 0.500 bits per heavy atom. The molecule has 0 aliphatic rings. The van der Waals surface area contributed by atoms with Gasteiger partial charge in [0.05, 0.1) is 12.6 Å². The van der Waals surface area contributed by atoms with Crippen LogP contribution in [0.4, 0.5) is 0 Å². The maximum Gasteiger partial charge on any atom is 0.243 e.